The Balaban J connectivity index is 0.00000113. The Morgan fingerprint density at radius 2 is 1.89 bits per heavy atom. The number of fused-ring (bicyclic) bond motifs is 1. The zero-order valence-electron chi connectivity index (χ0n) is 25.3. The number of amides is 3. The van der Waals surface area contributed by atoms with E-state index in [4.69, 9.17) is 5.73 Å². The lowest BCUT2D eigenvalue weighted by Gasteiger charge is -2.49. The van der Waals surface area contributed by atoms with Gasteiger partial charge in [0.05, 0.1) is 0 Å². The minimum atomic E-state index is -1.34. The number of carboxylic acid groups (broad SMARTS) is 1. The van der Waals surface area contributed by atoms with Crippen molar-refractivity contribution in [3.05, 3.63) is 74.8 Å². The van der Waals surface area contributed by atoms with Gasteiger partial charge in [-0.15, -0.1) is 16.9 Å². The Bertz CT molecular complexity index is 1720. The lowest BCUT2D eigenvalue weighted by molar-refractivity contribution is -0.151. The molecular formula is C28H33N9O7S2. The number of carboxylic acids is 1. The van der Waals surface area contributed by atoms with Gasteiger partial charge in [0.15, 0.2) is 5.43 Å². The first kappa shape index (κ1) is 34.2. The third-order valence-corrected chi connectivity index (χ3v) is 9.01. The molecule has 0 spiro atoms. The van der Waals surface area contributed by atoms with Crippen molar-refractivity contribution < 1.29 is 29.4 Å². The predicted molar refractivity (Wildman–Crippen MR) is 169 cm³/mol. The van der Waals surface area contributed by atoms with Gasteiger partial charge >= 0.3 is 5.97 Å². The summed E-state index contributed by atoms with van der Waals surface area (Å²) in [5.74, 6) is -3.02. The van der Waals surface area contributed by atoms with E-state index < -0.39 is 46.6 Å². The number of nitrogens with zero attached hydrogens (tertiary/aromatic N) is 5. The number of nitrogens with two attached hydrogens (primary N) is 1. The molecule has 7 N–H and O–H groups in total. The number of tetrazole rings is 1. The van der Waals surface area contributed by atoms with Crippen LogP contribution in [0.4, 0.5) is 0 Å². The zero-order valence-corrected chi connectivity index (χ0v) is 26.9. The number of rotatable bonds is 9. The minimum absolute atomic E-state index is 0.0694. The summed E-state index contributed by atoms with van der Waals surface area (Å²) in [5.41, 5.74) is 5.53. The Morgan fingerprint density at radius 3 is 2.48 bits per heavy atom. The van der Waals surface area contributed by atoms with Gasteiger partial charge < -0.3 is 31.6 Å². The van der Waals surface area contributed by atoms with Crippen LogP contribution in [0, 0.1) is 6.92 Å². The number of benzene rings is 1. The van der Waals surface area contributed by atoms with E-state index >= 15 is 0 Å². The molecule has 2 aliphatic rings. The molecule has 2 aliphatic heterocycles. The van der Waals surface area contributed by atoms with Gasteiger partial charge in [-0.1, -0.05) is 37.7 Å². The second-order valence-electron chi connectivity index (χ2n) is 10.7. The number of phenolic OH excluding ortho intramolecular Hbond substituents is 1. The summed E-state index contributed by atoms with van der Waals surface area (Å²) in [7, 11) is 1.65. The number of pyridine rings is 1. The number of thioether (sulfide) groups is 2. The lowest BCUT2D eigenvalue weighted by Crippen LogP contribution is -2.71. The van der Waals surface area contributed by atoms with Crippen molar-refractivity contribution in [2.45, 2.75) is 49.4 Å². The van der Waals surface area contributed by atoms with Crippen molar-refractivity contribution in [2.24, 2.45) is 12.8 Å². The van der Waals surface area contributed by atoms with E-state index in [2.05, 4.69) is 31.1 Å². The quantitative estimate of drug-likeness (QED) is 0.132. The molecule has 5 rings (SSSR count). The van der Waals surface area contributed by atoms with Crippen LogP contribution in [0.2, 0.25) is 0 Å². The summed E-state index contributed by atoms with van der Waals surface area (Å²) in [6, 6.07) is 4.68. The summed E-state index contributed by atoms with van der Waals surface area (Å²) < 4.78 is 1.45. The van der Waals surface area contributed by atoms with E-state index in [9.17, 15) is 34.2 Å². The molecule has 0 saturated carbocycles. The van der Waals surface area contributed by atoms with Crippen molar-refractivity contribution >= 4 is 47.2 Å². The maximum Gasteiger partial charge on any atom is 0.352 e. The number of hydrogen-bond acceptors (Lipinski definition) is 12. The minimum Gasteiger partial charge on any atom is -0.508 e. The van der Waals surface area contributed by atoms with Gasteiger partial charge in [0.1, 0.15) is 34.5 Å². The van der Waals surface area contributed by atoms with Gasteiger partial charge in [-0.2, -0.15) is 0 Å². The van der Waals surface area contributed by atoms with Gasteiger partial charge in [0.2, 0.25) is 11.1 Å². The molecule has 18 heteroatoms. The van der Waals surface area contributed by atoms with Crippen LogP contribution in [0.5, 0.6) is 5.75 Å². The summed E-state index contributed by atoms with van der Waals surface area (Å²) in [5, 5.41) is 35.8. The molecule has 4 heterocycles. The molecule has 2 aromatic heterocycles. The van der Waals surface area contributed by atoms with Crippen LogP contribution in [0.3, 0.4) is 0 Å². The normalized spacial score (nSPS) is 17.8. The molecule has 0 aliphatic carbocycles. The van der Waals surface area contributed by atoms with Crippen LogP contribution in [0.1, 0.15) is 41.5 Å². The molecule has 16 nitrogen and oxygen atoms in total. The topological polar surface area (TPSA) is 239 Å². The molecule has 3 atom stereocenters. The molecule has 46 heavy (non-hydrogen) atoms. The first-order valence-corrected chi connectivity index (χ1v) is 15.9. The monoisotopic (exact) mass is 671 g/mol. The Kier molecular flexibility index (Phi) is 10.9. The maximum atomic E-state index is 13.5. The molecule has 1 aromatic carbocycles. The third kappa shape index (κ3) is 7.75. The third-order valence-electron chi connectivity index (χ3n) is 6.57. The standard InChI is InChI=1S/C25H24N8O7S2.C3H9N/c1-11-7-16(35)15(8-26-11)20(36)27-17(12-3-5-14(34)6-4-12)21(37)28-18-22(38)33-19(24(39)40)13(9-41-23(18)33)10-42-25-29-30-31-32(25)2;1-3(2)4/h3-8,17-18,23,34H,9-10H2,1-2H3,(H,26,35)(H,27,36)(H,28,37)(H,39,40);3H,4H2,1-2H3/t17?,18-,23-;/m1./s1. The maximum absolute atomic E-state index is 13.5. The van der Waals surface area contributed by atoms with E-state index in [1.54, 1.807) is 14.0 Å². The Morgan fingerprint density at radius 1 is 1.22 bits per heavy atom. The first-order chi connectivity index (χ1) is 21.8. The summed E-state index contributed by atoms with van der Waals surface area (Å²) in [6.07, 6.45) is 1.24. The van der Waals surface area contributed by atoms with Crippen molar-refractivity contribution in [1.82, 2.24) is 40.7 Å². The number of hydrogen-bond donors (Lipinski definition) is 6. The van der Waals surface area contributed by atoms with Crippen LogP contribution >= 0.6 is 23.5 Å². The summed E-state index contributed by atoms with van der Waals surface area (Å²) in [4.78, 5) is 68.1. The number of β-lactam (4-membered cyclic amide) rings is 1. The largest absolute Gasteiger partial charge is 0.508 e. The number of aromatic amines is 1. The van der Waals surface area contributed by atoms with Gasteiger partial charge in [0.25, 0.3) is 11.8 Å². The van der Waals surface area contributed by atoms with Crippen LogP contribution in [0.15, 0.2) is 57.7 Å². The van der Waals surface area contributed by atoms with E-state index in [1.807, 2.05) is 13.8 Å². The molecular weight excluding hydrogens is 638 g/mol. The number of aliphatic carboxylic acids is 1. The average molecular weight is 672 g/mol. The predicted octanol–water partition coefficient (Wildman–Crippen LogP) is 0.268. The van der Waals surface area contributed by atoms with E-state index in [0.29, 0.717) is 22.5 Å². The van der Waals surface area contributed by atoms with Gasteiger partial charge in [-0.3, -0.25) is 24.1 Å². The highest BCUT2D eigenvalue weighted by Gasteiger charge is 2.54. The molecule has 3 aromatic rings. The Hall–Kier alpha value is -4.68. The molecule has 0 radical (unpaired) electrons. The number of phenols is 1. The van der Waals surface area contributed by atoms with Crippen LogP contribution in [-0.2, 0) is 21.4 Å². The van der Waals surface area contributed by atoms with Crippen molar-refractivity contribution in [2.75, 3.05) is 11.5 Å². The molecule has 244 valence electrons. The van der Waals surface area contributed by atoms with E-state index in [1.165, 1.54) is 64.7 Å². The molecule has 1 saturated heterocycles. The SMILES string of the molecule is CC(C)N.Cc1cc(=O)c(C(=O)NC(C(=O)N[C@@H]2C(=O)N3C(C(=O)O)=C(CSc4nnnn4C)CS[C@H]23)c2ccc(O)cc2)c[nH]1. The summed E-state index contributed by atoms with van der Waals surface area (Å²) >= 11 is 2.52. The number of H-pyrrole nitrogens is 1. The fourth-order valence-corrected chi connectivity index (χ4v) is 6.79. The van der Waals surface area contributed by atoms with Crippen LogP contribution < -0.4 is 21.8 Å². The molecule has 1 fully saturated rings. The summed E-state index contributed by atoms with van der Waals surface area (Å²) in [6.45, 7) is 5.54. The smallest absolute Gasteiger partial charge is 0.352 e. The van der Waals surface area contributed by atoms with Crippen molar-refractivity contribution in [1.29, 1.82) is 0 Å². The second-order valence-corrected chi connectivity index (χ2v) is 12.7. The number of aromatic nitrogens is 5. The van der Waals surface area contributed by atoms with E-state index in [0.717, 1.165) is 4.90 Å². The molecule has 1 unspecified atom stereocenters. The second kappa shape index (κ2) is 14.6. The number of carbonyl (C=O) groups excluding carboxylic acids is 3. The van der Waals surface area contributed by atoms with Gasteiger partial charge in [-0.05, 0) is 46.7 Å². The number of nitrogens with one attached hydrogen (secondary N) is 3. The Labute approximate surface area is 271 Å². The highest BCUT2D eigenvalue weighted by molar-refractivity contribution is 8.01. The fraction of sp³-hybridized carbons (Fsp3) is 0.357. The zero-order chi connectivity index (χ0) is 33.7. The fourth-order valence-electron chi connectivity index (χ4n) is 4.45. The van der Waals surface area contributed by atoms with Gasteiger partial charge in [-0.25, -0.2) is 9.48 Å². The number of aryl methyl sites for hydroxylation is 2. The van der Waals surface area contributed by atoms with Crippen LogP contribution in [-0.4, -0.2) is 93.0 Å². The number of aromatic hydroxyl groups is 1. The van der Waals surface area contributed by atoms with Crippen molar-refractivity contribution in [3.8, 4) is 5.75 Å². The average Bonchev–Trinajstić information content (AvgIpc) is 3.41. The highest BCUT2D eigenvalue weighted by Crippen LogP contribution is 2.41. The van der Waals surface area contributed by atoms with Gasteiger partial charge in [0, 0.05) is 36.5 Å². The molecule has 0 bridgehead atoms. The van der Waals surface area contributed by atoms with Crippen LogP contribution in [0.25, 0.3) is 0 Å². The van der Waals surface area contributed by atoms with Crippen molar-refractivity contribution in [3.63, 3.8) is 0 Å². The van der Waals surface area contributed by atoms with E-state index in [-0.39, 0.29) is 34.1 Å². The highest BCUT2D eigenvalue weighted by atomic mass is 32.2. The number of carbonyl (C=O) groups is 4. The lowest BCUT2D eigenvalue weighted by atomic mass is 10.0. The first-order valence-electron chi connectivity index (χ1n) is 13.9. The molecule has 3 amide bonds.